The molecule has 112 valence electrons. The van der Waals surface area contributed by atoms with Crippen LogP contribution in [0.25, 0.3) is 0 Å². The molecule has 0 aromatic heterocycles. The van der Waals surface area contributed by atoms with E-state index in [-0.39, 0.29) is 18.2 Å². The van der Waals surface area contributed by atoms with Crippen LogP contribution < -0.4 is 9.47 Å². The van der Waals surface area contributed by atoms with E-state index in [9.17, 15) is 4.79 Å². The maximum absolute atomic E-state index is 11.9. The molecule has 5 heteroatoms. The predicted octanol–water partition coefficient (Wildman–Crippen LogP) is 2.76. The molecule has 1 aromatic rings. The Morgan fingerprint density at radius 2 is 2.19 bits per heavy atom. The van der Waals surface area contributed by atoms with Gasteiger partial charge in [0.05, 0.1) is 5.02 Å². The van der Waals surface area contributed by atoms with Crippen LogP contribution in [0.15, 0.2) is 12.1 Å². The summed E-state index contributed by atoms with van der Waals surface area (Å²) in [6, 6.07) is 4.35. The Bertz CT molecular complexity index is 618. The first-order valence-electron chi connectivity index (χ1n) is 7.42. The van der Waals surface area contributed by atoms with Crippen LogP contribution in [0.5, 0.6) is 11.5 Å². The fraction of sp³-hybridized carbons (Fsp3) is 0.562. The summed E-state index contributed by atoms with van der Waals surface area (Å²) in [5.41, 5.74) is 1.21. The molecule has 4 rings (SSSR count). The van der Waals surface area contributed by atoms with Crippen molar-refractivity contribution in [3.63, 3.8) is 0 Å². The molecule has 0 unspecified atom stereocenters. The molecule has 0 bridgehead atoms. The Balaban J connectivity index is 1.81. The molecule has 2 heterocycles. The lowest BCUT2D eigenvalue weighted by Crippen LogP contribution is -2.46. The second-order valence-corrected chi connectivity index (χ2v) is 6.74. The lowest BCUT2D eigenvalue weighted by atomic mass is 9.66. The van der Waals surface area contributed by atoms with Crippen LogP contribution in [-0.4, -0.2) is 37.1 Å². The Kier molecular flexibility index (Phi) is 2.95. The van der Waals surface area contributed by atoms with Crippen molar-refractivity contribution in [2.75, 3.05) is 20.4 Å². The first-order chi connectivity index (χ1) is 10.1. The summed E-state index contributed by atoms with van der Waals surface area (Å²) in [5.74, 6) is 1.75. The number of Topliss-reactive ketones (excluding diaryl/α,β-unsaturated/α-hetero) is 1. The second-order valence-electron chi connectivity index (χ2n) is 6.34. The molecule has 1 saturated carbocycles. The van der Waals surface area contributed by atoms with Crippen LogP contribution in [0.2, 0.25) is 5.02 Å². The van der Waals surface area contributed by atoms with Crippen LogP contribution >= 0.6 is 11.6 Å². The van der Waals surface area contributed by atoms with E-state index in [0.29, 0.717) is 29.4 Å². The van der Waals surface area contributed by atoms with E-state index in [1.54, 1.807) is 0 Å². The van der Waals surface area contributed by atoms with Crippen molar-refractivity contribution >= 4 is 17.4 Å². The van der Waals surface area contributed by atoms with Gasteiger partial charge < -0.3 is 14.4 Å². The van der Waals surface area contributed by atoms with Crippen molar-refractivity contribution in [3.05, 3.63) is 22.7 Å². The first kappa shape index (κ1) is 13.4. The molecular weight excluding hydrogens is 290 g/mol. The molecule has 0 amide bonds. The number of hydrogen-bond donors (Lipinski definition) is 0. The van der Waals surface area contributed by atoms with Gasteiger partial charge in [-0.15, -0.1) is 0 Å². The molecule has 21 heavy (non-hydrogen) atoms. The molecule has 0 spiro atoms. The number of likely N-dealkylation sites (N-methyl/N-ethyl adjacent to an activating group) is 1. The molecular formula is C16H18ClNO3. The first-order valence-corrected chi connectivity index (χ1v) is 7.79. The van der Waals surface area contributed by atoms with E-state index < -0.39 is 0 Å². The summed E-state index contributed by atoms with van der Waals surface area (Å²) >= 11 is 6.36. The Morgan fingerprint density at radius 1 is 1.33 bits per heavy atom. The third-order valence-corrected chi connectivity index (χ3v) is 5.63. The maximum Gasteiger partial charge on any atom is 0.231 e. The van der Waals surface area contributed by atoms with Gasteiger partial charge >= 0.3 is 0 Å². The van der Waals surface area contributed by atoms with Crippen LogP contribution in [0.1, 0.15) is 31.2 Å². The molecule has 1 saturated heterocycles. The third kappa shape index (κ3) is 1.89. The number of ketones is 1. The largest absolute Gasteiger partial charge is 0.454 e. The highest BCUT2D eigenvalue weighted by Gasteiger charge is 2.50. The SMILES string of the molecule is CN1CC[C@]2(c3cc(Cl)c4c(c3)OCO4)CCC(=O)C[C@H]12. The summed E-state index contributed by atoms with van der Waals surface area (Å²) < 4.78 is 10.9. The van der Waals surface area contributed by atoms with Crippen molar-refractivity contribution in [2.45, 2.75) is 37.1 Å². The van der Waals surface area contributed by atoms with Crippen molar-refractivity contribution in [3.8, 4) is 11.5 Å². The molecule has 0 radical (unpaired) electrons. The molecule has 2 fully saturated rings. The molecule has 0 N–H and O–H groups in total. The van der Waals surface area contributed by atoms with Gasteiger partial charge in [-0.1, -0.05) is 11.6 Å². The number of carbonyl (C=O) groups excluding carboxylic acids is 1. The number of fused-ring (bicyclic) bond motifs is 2. The van der Waals surface area contributed by atoms with Crippen molar-refractivity contribution in [2.24, 2.45) is 0 Å². The zero-order valence-corrected chi connectivity index (χ0v) is 12.8. The molecule has 1 aliphatic carbocycles. The number of ether oxygens (including phenoxy) is 2. The van der Waals surface area contributed by atoms with E-state index in [2.05, 4.69) is 18.0 Å². The van der Waals surface area contributed by atoms with E-state index in [4.69, 9.17) is 21.1 Å². The predicted molar refractivity (Wildman–Crippen MR) is 79.1 cm³/mol. The average Bonchev–Trinajstić information content (AvgIpc) is 3.06. The topological polar surface area (TPSA) is 38.8 Å². The van der Waals surface area contributed by atoms with Gasteiger partial charge in [-0.2, -0.15) is 0 Å². The van der Waals surface area contributed by atoms with Crippen LogP contribution in [0.3, 0.4) is 0 Å². The van der Waals surface area contributed by atoms with Crippen LogP contribution in [-0.2, 0) is 10.2 Å². The van der Waals surface area contributed by atoms with Crippen LogP contribution in [0.4, 0.5) is 0 Å². The summed E-state index contributed by atoms with van der Waals surface area (Å²) in [7, 11) is 2.11. The summed E-state index contributed by atoms with van der Waals surface area (Å²) in [6.45, 7) is 1.25. The van der Waals surface area contributed by atoms with E-state index in [0.717, 1.165) is 25.1 Å². The third-order valence-electron chi connectivity index (χ3n) is 5.35. The van der Waals surface area contributed by atoms with E-state index in [1.807, 2.05) is 6.07 Å². The van der Waals surface area contributed by atoms with Gasteiger partial charge in [0.2, 0.25) is 6.79 Å². The van der Waals surface area contributed by atoms with E-state index in [1.165, 1.54) is 5.56 Å². The molecule has 3 aliphatic rings. The van der Waals surface area contributed by atoms with Gasteiger partial charge in [-0.25, -0.2) is 0 Å². The Labute approximate surface area is 129 Å². The van der Waals surface area contributed by atoms with Gasteiger partial charge in [0, 0.05) is 24.3 Å². The minimum Gasteiger partial charge on any atom is -0.454 e. The van der Waals surface area contributed by atoms with Gasteiger partial charge in [0.15, 0.2) is 11.5 Å². The number of hydrogen-bond acceptors (Lipinski definition) is 4. The number of benzene rings is 1. The lowest BCUT2D eigenvalue weighted by molar-refractivity contribution is -0.122. The minimum absolute atomic E-state index is 0.0211. The lowest BCUT2D eigenvalue weighted by Gasteiger charge is -2.41. The fourth-order valence-electron chi connectivity index (χ4n) is 4.18. The minimum atomic E-state index is 0.0211. The Hall–Kier alpha value is -1.26. The fourth-order valence-corrected chi connectivity index (χ4v) is 4.44. The summed E-state index contributed by atoms with van der Waals surface area (Å²) in [5, 5.41) is 0.611. The molecule has 2 aliphatic heterocycles. The van der Waals surface area contributed by atoms with Crippen LogP contribution in [0, 0.1) is 0 Å². The van der Waals surface area contributed by atoms with Gasteiger partial charge in [-0.05, 0) is 44.1 Å². The number of likely N-dealkylation sites (tertiary alicyclic amines) is 1. The highest BCUT2D eigenvalue weighted by Crippen LogP contribution is 2.51. The normalized spacial score (nSPS) is 31.5. The summed E-state index contributed by atoms with van der Waals surface area (Å²) in [4.78, 5) is 14.2. The number of halogens is 1. The van der Waals surface area contributed by atoms with Gasteiger partial charge in [-0.3, -0.25) is 4.79 Å². The number of carbonyl (C=O) groups is 1. The van der Waals surface area contributed by atoms with Gasteiger partial charge in [0.25, 0.3) is 0 Å². The molecule has 1 aromatic carbocycles. The van der Waals surface area contributed by atoms with Gasteiger partial charge in [0.1, 0.15) is 5.78 Å². The van der Waals surface area contributed by atoms with Crippen molar-refractivity contribution in [1.82, 2.24) is 4.90 Å². The summed E-state index contributed by atoms with van der Waals surface area (Å²) in [6.07, 6.45) is 3.27. The number of nitrogens with zero attached hydrogens (tertiary/aromatic N) is 1. The highest BCUT2D eigenvalue weighted by molar-refractivity contribution is 6.32. The molecule has 4 nitrogen and oxygen atoms in total. The zero-order chi connectivity index (χ0) is 14.6. The molecule has 2 atom stereocenters. The highest BCUT2D eigenvalue weighted by atomic mass is 35.5. The monoisotopic (exact) mass is 307 g/mol. The zero-order valence-electron chi connectivity index (χ0n) is 12.0. The number of rotatable bonds is 1. The quantitative estimate of drug-likeness (QED) is 0.800. The van der Waals surface area contributed by atoms with Crippen molar-refractivity contribution < 1.29 is 14.3 Å². The standard InChI is InChI=1S/C16H18ClNO3/c1-18-5-4-16(3-2-11(19)8-14(16)18)10-6-12(17)15-13(7-10)20-9-21-15/h6-7,14H,2-5,8-9H2,1H3/t14-,16-/m0/s1. The Morgan fingerprint density at radius 3 is 3.05 bits per heavy atom. The maximum atomic E-state index is 11.9. The average molecular weight is 308 g/mol. The van der Waals surface area contributed by atoms with E-state index >= 15 is 0 Å². The van der Waals surface area contributed by atoms with Crippen molar-refractivity contribution in [1.29, 1.82) is 0 Å². The second kappa shape index (κ2) is 4.62. The smallest absolute Gasteiger partial charge is 0.231 e.